The molecule has 0 fully saturated rings. The van der Waals surface area contributed by atoms with E-state index in [1.54, 1.807) is 6.92 Å². The number of aryl methyl sites for hydroxylation is 1. The molecule has 1 amide bonds. The molecule has 0 spiro atoms. The molecule has 0 aliphatic carbocycles. The zero-order valence-electron chi connectivity index (χ0n) is 15.1. The summed E-state index contributed by atoms with van der Waals surface area (Å²) in [4.78, 5) is 12.1. The Kier molecular flexibility index (Phi) is 5.37. The highest BCUT2D eigenvalue weighted by atomic mass is 19.4. The van der Waals surface area contributed by atoms with Gasteiger partial charge in [-0.2, -0.15) is 23.5 Å². The van der Waals surface area contributed by atoms with Crippen LogP contribution < -0.4 is 5.32 Å². The summed E-state index contributed by atoms with van der Waals surface area (Å²) in [5, 5.41) is 15.8. The van der Waals surface area contributed by atoms with E-state index in [9.17, 15) is 22.4 Å². The number of hydrogen-bond acceptors (Lipinski definition) is 3. The van der Waals surface area contributed by atoms with Crippen LogP contribution in [0.4, 0.5) is 17.6 Å². The van der Waals surface area contributed by atoms with Gasteiger partial charge >= 0.3 is 6.18 Å². The van der Waals surface area contributed by atoms with Crippen molar-refractivity contribution in [3.63, 3.8) is 0 Å². The summed E-state index contributed by atoms with van der Waals surface area (Å²) < 4.78 is 53.7. The van der Waals surface area contributed by atoms with Gasteiger partial charge in [0.25, 0.3) is 5.91 Å². The molecule has 1 heterocycles. The summed E-state index contributed by atoms with van der Waals surface area (Å²) in [5.41, 5.74) is -0.00429. The number of nitriles is 1. The Balaban J connectivity index is 1.81. The monoisotopic (exact) mass is 402 g/mol. The van der Waals surface area contributed by atoms with E-state index in [0.717, 1.165) is 24.3 Å². The van der Waals surface area contributed by atoms with E-state index in [4.69, 9.17) is 5.26 Å². The molecule has 0 bridgehead atoms. The largest absolute Gasteiger partial charge is 0.417 e. The van der Waals surface area contributed by atoms with Crippen molar-refractivity contribution in [1.29, 1.82) is 5.26 Å². The van der Waals surface area contributed by atoms with Crippen LogP contribution in [0.1, 0.15) is 32.7 Å². The van der Waals surface area contributed by atoms with Crippen LogP contribution in [-0.2, 0) is 12.7 Å². The summed E-state index contributed by atoms with van der Waals surface area (Å²) in [6.45, 7) is 1.74. The molecule has 0 saturated heterocycles. The first kappa shape index (κ1) is 20.1. The molecule has 0 aliphatic heterocycles. The summed E-state index contributed by atoms with van der Waals surface area (Å²) in [6, 6.07) is 9.84. The van der Waals surface area contributed by atoms with Crippen LogP contribution in [0, 0.1) is 24.1 Å². The van der Waals surface area contributed by atoms with Gasteiger partial charge in [0.2, 0.25) is 0 Å². The smallest absolute Gasteiger partial charge is 0.346 e. The molecule has 29 heavy (non-hydrogen) atoms. The Bertz CT molecular complexity index is 1100. The normalized spacial score (nSPS) is 11.2. The van der Waals surface area contributed by atoms with E-state index in [1.807, 2.05) is 0 Å². The number of benzene rings is 2. The third-order valence-corrected chi connectivity index (χ3v) is 4.22. The van der Waals surface area contributed by atoms with Gasteiger partial charge < -0.3 is 5.32 Å². The minimum atomic E-state index is -4.67. The molecule has 3 rings (SSSR count). The number of rotatable bonds is 4. The number of halogens is 4. The summed E-state index contributed by atoms with van der Waals surface area (Å²) >= 11 is 0. The quantitative estimate of drug-likeness (QED) is 0.667. The standard InChI is InChI=1S/C20H14F4N4O/c1-12-11-28(16-7-4-14(9-25)17(8-16)20(22,23)24)27-18(12)10-26-19(29)13-2-5-15(21)6-3-13/h2-8,11H,10H2,1H3,(H,26,29). The third-order valence-electron chi connectivity index (χ3n) is 4.22. The van der Waals surface area contributed by atoms with E-state index in [-0.39, 0.29) is 17.8 Å². The Morgan fingerprint density at radius 2 is 1.90 bits per heavy atom. The van der Waals surface area contributed by atoms with Gasteiger partial charge in [-0.1, -0.05) is 0 Å². The molecule has 1 N–H and O–H groups in total. The number of amides is 1. The van der Waals surface area contributed by atoms with Crippen LogP contribution >= 0.6 is 0 Å². The third kappa shape index (κ3) is 4.43. The zero-order chi connectivity index (χ0) is 21.2. The number of nitrogens with one attached hydrogen (secondary N) is 1. The molecular weight excluding hydrogens is 388 g/mol. The lowest BCUT2D eigenvalue weighted by atomic mass is 10.1. The van der Waals surface area contributed by atoms with Gasteiger partial charge in [-0.3, -0.25) is 4.79 Å². The van der Waals surface area contributed by atoms with Gasteiger partial charge in [-0.05, 0) is 55.0 Å². The topological polar surface area (TPSA) is 70.7 Å². The average molecular weight is 402 g/mol. The Morgan fingerprint density at radius 1 is 1.21 bits per heavy atom. The molecule has 0 unspecified atom stereocenters. The van der Waals surface area contributed by atoms with Crippen molar-refractivity contribution in [1.82, 2.24) is 15.1 Å². The van der Waals surface area contributed by atoms with Crippen LogP contribution in [0.5, 0.6) is 0 Å². The molecule has 0 radical (unpaired) electrons. The SMILES string of the molecule is Cc1cn(-c2ccc(C#N)c(C(F)(F)F)c2)nc1CNC(=O)c1ccc(F)cc1. The van der Waals surface area contributed by atoms with Gasteiger partial charge in [0, 0.05) is 11.8 Å². The molecule has 0 saturated carbocycles. The fourth-order valence-corrected chi connectivity index (χ4v) is 2.68. The molecule has 0 atom stereocenters. The number of aromatic nitrogens is 2. The first-order chi connectivity index (χ1) is 13.7. The Morgan fingerprint density at radius 3 is 2.52 bits per heavy atom. The number of alkyl halides is 3. The Labute approximate surface area is 163 Å². The molecule has 148 valence electrons. The first-order valence-corrected chi connectivity index (χ1v) is 8.39. The molecule has 5 nitrogen and oxygen atoms in total. The van der Waals surface area contributed by atoms with Crippen LogP contribution in [0.25, 0.3) is 5.69 Å². The highest BCUT2D eigenvalue weighted by molar-refractivity contribution is 5.94. The fraction of sp³-hybridized carbons (Fsp3) is 0.150. The average Bonchev–Trinajstić information content (AvgIpc) is 3.06. The van der Waals surface area contributed by atoms with Crippen molar-refractivity contribution in [2.24, 2.45) is 0 Å². The van der Waals surface area contributed by atoms with Crippen LogP contribution in [0.2, 0.25) is 0 Å². The highest BCUT2D eigenvalue weighted by Gasteiger charge is 2.34. The minimum absolute atomic E-state index is 0.0391. The van der Waals surface area contributed by atoms with Crippen molar-refractivity contribution in [2.75, 3.05) is 0 Å². The molecule has 9 heteroatoms. The second-order valence-corrected chi connectivity index (χ2v) is 6.23. The molecular formula is C20H14F4N4O. The summed E-state index contributed by atoms with van der Waals surface area (Å²) in [5.74, 6) is -0.895. The van der Waals surface area contributed by atoms with E-state index in [1.165, 1.54) is 35.1 Å². The summed E-state index contributed by atoms with van der Waals surface area (Å²) in [7, 11) is 0. The van der Waals surface area contributed by atoms with E-state index in [0.29, 0.717) is 11.3 Å². The second kappa shape index (κ2) is 7.75. The van der Waals surface area contributed by atoms with Crippen LogP contribution in [0.15, 0.2) is 48.7 Å². The number of hydrogen-bond donors (Lipinski definition) is 1. The number of nitrogens with zero attached hydrogens (tertiary/aromatic N) is 3. The maximum absolute atomic E-state index is 13.2. The van der Waals surface area contributed by atoms with Gasteiger partial charge in [-0.15, -0.1) is 0 Å². The predicted octanol–water partition coefficient (Wildman–Crippen LogP) is 4.14. The predicted molar refractivity (Wildman–Crippen MR) is 95.6 cm³/mol. The molecule has 1 aromatic heterocycles. The van der Waals surface area contributed by atoms with Crippen LogP contribution in [-0.4, -0.2) is 15.7 Å². The van der Waals surface area contributed by atoms with Gasteiger partial charge in [-0.25, -0.2) is 9.07 Å². The lowest BCUT2D eigenvalue weighted by molar-refractivity contribution is -0.137. The number of carbonyl (C=O) groups is 1. The zero-order valence-corrected chi connectivity index (χ0v) is 15.1. The number of carbonyl (C=O) groups excluding carboxylic acids is 1. The minimum Gasteiger partial charge on any atom is -0.346 e. The first-order valence-electron chi connectivity index (χ1n) is 8.39. The maximum Gasteiger partial charge on any atom is 0.417 e. The Hall–Kier alpha value is -3.67. The van der Waals surface area contributed by atoms with E-state index >= 15 is 0 Å². The molecule has 2 aromatic carbocycles. The van der Waals surface area contributed by atoms with Crippen molar-refractivity contribution in [3.8, 4) is 11.8 Å². The van der Waals surface area contributed by atoms with Crippen molar-refractivity contribution in [3.05, 3.63) is 82.4 Å². The van der Waals surface area contributed by atoms with Crippen LogP contribution in [0.3, 0.4) is 0 Å². The van der Waals surface area contributed by atoms with E-state index in [2.05, 4.69) is 10.4 Å². The highest BCUT2D eigenvalue weighted by Crippen LogP contribution is 2.33. The maximum atomic E-state index is 13.2. The lowest BCUT2D eigenvalue weighted by Gasteiger charge is -2.10. The van der Waals surface area contributed by atoms with Gasteiger partial charge in [0.1, 0.15) is 5.82 Å². The second-order valence-electron chi connectivity index (χ2n) is 6.23. The fourth-order valence-electron chi connectivity index (χ4n) is 2.68. The van der Waals surface area contributed by atoms with Crippen molar-refractivity contribution in [2.45, 2.75) is 19.6 Å². The summed E-state index contributed by atoms with van der Waals surface area (Å²) in [6.07, 6.45) is -3.14. The molecule has 3 aromatic rings. The van der Waals surface area contributed by atoms with Crippen molar-refractivity contribution >= 4 is 5.91 Å². The van der Waals surface area contributed by atoms with Gasteiger partial charge in [0.05, 0.1) is 35.1 Å². The van der Waals surface area contributed by atoms with Crippen molar-refractivity contribution < 1.29 is 22.4 Å². The lowest BCUT2D eigenvalue weighted by Crippen LogP contribution is -2.23. The molecule has 0 aliphatic rings. The van der Waals surface area contributed by atoms with E-state index < -0.39 is 29.0 Å². The van der Waals surface area contributed by atoms with Gasteiger partial charge in [0.15, 0.2) is 0 Å².